The van der Waals surface area contributed by atoms with Crippen molar-refractivity contribution in [3.63, 3.8) is 0 Å². The van der Waals surface area contributed by atoms with E-state index in [1.807, 2.05) is 23.1 Å². The average Bonchev–Trinajstić information content (AvgIpc) is 2.48. The molecular weight excluding hydrogens is 224 g/mol. The van der Waals surface area contributed by atoms with Gasteiger partial charge >= 0.3 is 0 Å². The number of benzene rings is 1. The molecule has 0 saturated carbocycles. The predicted octanol–water partition coefficient (Wildman–Crippen LogP) is 1.43. The van der Waals surface area contributed by atoms with Gasteiger partial charge in [-0.05, 0) is 11.5 Å². The van der Waals surface area contributed by atoms with Crippen molar-refractivity contribution in [3.05, 3.63) is 35.9 Å². The zero-order valence-corrected chi connectivity index (χ0v) is 11.0. The number of rotatable bonds is 5. The highest BCUT2D eigenvalue weighted by atomic mass is 16.3. The first kappa shape index (κ1) is 11.0. The lowest BCUT2D eigenvalue weighted by molar-refractivity contribution is 0.101. The Hall–Kier alpha value is -0.900. The second-order valence-electron chi connectivity index (χ2n) is 4.96. The van der Waals surface area contributed by atoms with Crippen molar-refractivity contribution >= 4 is 0 Å². The second kappa shape index (κ2) is 6.88. The van der Waals surface area contributed by atoms with Crippen LogP contribution in [0.1, 0.15) is 15.2 Å². The van der Waals surface area contributed by atoms with E-state index in [1.54, 1.807) is 6.92 Å². The first-order chi connectivity index (χ1) is 9.54. The summed E-state index contributed by atoms with van der Waals surface area (Å²) in [6.45, 7) is 4.31. The van der Waals surface area contributed by atoms with E-state index in [4.69, 9.17) is 2.74 Å². The van der Waals surface area contributed by atoms with E-state index in [-0.39, 0.29) is 12.5 Å². The van der Waals surface area contributed by atoms with E-state index in [0.29, 0.717) is 13.1 Å². The standard InChI is InChI=1S/C15H24N2O/c1-14(13-18)11-16-7-9-17(10-8-16)12-15-5-3-2-4-6-15/h2-6,14,18H,7-13H2,1H3/t14-/m1/s1/i11D2. The quantitative estimate of drug-likeness (QED) is 0.856. The Balaban J connectivity index is 1.86. The SMILES string of the molecule is [2H]C([2H])([C@@H](C)CO)N1CCN(Cc2ccccc2)CC1. The monoisotopic (exact) mass is 250 g/mol. The van der Waals surface area contributed by atoms with Crippen LogP contribution in [0.3, 0.4) is 0 Å². The molecule has 1 fully saturated rings. The smallest absolute Gasteiger partial charge is 0.0468 e. The molecule has 1 saturated heterocycles. The molecule has 0 aliphatic carbocycles. The predicted molar refractivity (Wildman–Crippen MR) is 74.4 cm³/mol. The van der Waals surface area contributed by atoms with Gasteiger partial charge in [-0.2, -0.15) is 0 Å². The fourth-order valence-corrected chi connectivity index (χ4v) is 2.23. The van der Waals surface area contributed by atoms with Crippen molar-refractivity contribution in [3.8, 4) is 0 Å². The third kappa shape index (κ3) is 4.09. The summed E-state index contributed by atoms with van der Waals surface area (Å²) >= 11 is 0. The third-order valence-electron chi connectivity index (χ3n) is 3.30. The van der Waals surface area contributed by atoms with Gasteiger partial charge in [0.25, 0.3) is 0 Å². The Morgan fingerprint density at radius 3 is 2.39 bits per heavy atom. The molecule has 1 aliphatic heterocycles. The summed E-state index contributed by atoms with van der Waals surface area (Å²) in [5.74, 6) is -0.358. The molecule has 0 radical (unpaired) electrons. The van der Waals surface area contributed by atoms with Crippen molar-refractivity contribution < 1.29 is 7.85 Å². The summed E-state index contributed by atoms with van der Waals surface area (Å²) in [4.78, 5) is 4.21. The van der Waals surface area contributed by atoms with E-state index in [9.17, 15) is 5.11 Å². The van der Waals surface area contributed by atoms with Crippen LogP contribution in [0, 0.1) is 5.92 Å². The number of hydrogen-bond donors (Lipinski definition) is 1. The average molecular weight is 250 g/mol. The van der Waals surface area contributed by atoms with Crippen molar-refractivity contribution in [2.45, 2.75) is 13.5 Å². The number of hydrogen-bond acceptors (Lipinski definition) is 3. The summed E-state index contributed by atoms with van der Waals surface area (Å²) in [5.41, 5.74) is 1.30. The van der Waals surface area contributed by atoms with Crippen molar-refractivity contribution in [1.29, 1.82) is 0 Å². The van der Waals surface area contributed by atoms with Gasteiger partial charge in [-0.3, -0.25) is 4.90 Å². The number of aliphatic hydroxyl groups is 1. The number of aliphatic hydroxyl groups excluding tert-OH is 1. The third-order valence-corrected chi connectivity index (χ3v) is 3.30. The molecule has 3 heteroatoms. The molecule has 0 amide bonds. The molecule has 1 aromatic rings. The van der Waals surface area contributed by atoms with E-state index in [2.05, 4.69) is 17.0 Å². The van der Waals surface area contributed by atoms with Crippen LogP contribution in [0.2, 0.25) is 0 Å². The van der Waals surface area contributed by atoms with Crippen LogP contribution in [-0.4, -0.2) is 54.2 Å². The van der Waals surface area contributed by atoms with Gasteiger partial charge in [-0.15, -0.1) is 0 Å². The highest BCUT2D eigenvalue weighted by Crippen LogP contribution is 2.09. The second-order valence-corrected chi connectivity index (χ2v) is 4.96. The fourth-order valence-electron chi connectivity index (χ4n) is 2.23. The van der Waals surface area contributed by atoms with Crippen LogP contribution < -0.4 is 0 Å². The summed E-state index contributed by atoms with van der Waals surface area (Å²) in [6.07, 6.45) is 0. The van der Waals surface area contributed by atoms with E-state index >= 15 is 0 Å². The molecule has 1 aliphatic rings. The zero-order valence-electron chi connectivity index (χ0n) is 13.0. The molecule has 1 heterocycles. The Morgan fingerprint density at radius 2 is 1.78 bits per heavy atom. The molecule has 0 unspecified atom stereocenters. The minimum absolute atomic E-state index is 0.114. The van der Waals surface area contributed by atoms with Crippen LogP contribution in [0.15, 0.2) is 30.3 Å². The van der Waals surface area contributed by atoms with E-state index in [1.165, 1.54) is 5.56 Å². The lowest BCUT2D eigenvalue weighted by Gasteiger charge is -2.35. The van der Waals surface area contributed by atoms with Gasteiger partial charge in [0.2, 0.25) is 0 Å². The maximum absolute atomic E-state index is 9.17. The van der Waals surface area contributed by atoms with Gasteiger partial charge in [-0.1, -0.05) is 37.3 Å². The summed E-state index contributed by atoms with van der Waals surface area (Å²) in [7, 11) is 0. The van der Waals surface area contributed by atoms with Gasteiger partial charge < -0.3 is 10.0 Å². The Labute approximate surface area is 113 Å². The van der Waals surface area contributed by atoms with Crippen molar-refractivity contribution in [2.75, 3.05) is 39.3 Å². The first-order valence-electron chi connectivity index (χ1n) is 7.66. The van der Waals surface area contributed by atoms with Gasteiger partial charge in [0, 0.05) is 48.6 Å². The molecule has 18 heavy (non-hydrogen) atoms. The topological polar surface area (TPSA) is 26.7 Å². The van der Waals surface area contributed by atoms with Crippen LogP contribution in [-0.2, 0) is 6.54 Å². The molecule has 2 rings (SSSR count). The lowest BCUT2D eigenvalue weighted by Crippen LogP contribution is -2.47. The van der Waals surface area contributed by atoms with E-state index in [0.717, 1.165) is 19.6 Å². The summed E-state index contributed by atoms with van der Waals surface area (Å²) < 4.78 is 16.3. The molecular formula is C15H24N2O. The van der Waals surface area contributed by atoms with Gasteiger partial charge in [0.1, 0.15) is 0 Å². The zero-order chi connectivity index (χ0) is 14.6. The van der Waals surface area contributed by atoms with Crippen LogP contribution in [0.5, 0.6) is 0 Å². The van der Waals surface area contributed by atoms with E-state index < -0.39 is 6.50 Å². The van der Waals surface area contributed by atoms with Gasteiger partial charge in [0.15, 0.2) is 0 Å². The van der Waals surface area contributed by atoms with Gasteiger partial charge in [-0.25, -0.2) is 0 Å². The highest BCUT2D eigenvalue weighted by molar-refractivity contribution is 5.14. The lowest BCUT2D eigenvalue weighted by atomic mass is 10.1. The summed E-state index contributed by atoms with van der Waals surface area (Å²) in [6, 6.07) is 10.4. The first-order valence-corrected chi connectivity index (χ1v) is 6.66. The molecule has 0 bridgehead atoms. The largest absolute Gasteiger partial charge is 0.396 e. The number of nitrogens with zero attached hydrogens (tertiary/aromatic N) is 2. The summed E-state index contributed by atoms with van der Waals surface area (Å²) in [5, 5.41) is 9.17. The van der Waals surface area contributed by atoms with Crippen molar-refractivity contribution in [1.82, 2.24) is 9.80 Å². The Bertz CT molecular complexity index is 406. The van der Waals surface area contributed by atoms with Crippen LogP contribution in [0.4, 0.5) is 0 Å². The normalized spacial score (nSPS) is 22.3. The van der Waals surface area contributed by atoms with Crippen molar-refractivity contribution in [2.24, 2.45) is 5.92 Å². The molecule has 1 atom stereocenters. The number of piperazine rings is 1. The molecule has 3 nitrogen and oxygen atoms in total. The minimum Gasteiger partial charge on any atom is -0.396 e. The Kier molecular flexibility index (Phi) is 4.19. The fraction of sp³-hybridized carbons (Fsp3) is 0.600. The molecule has 1 N–H and O–H groups in total. The minimum atomic E-state index is -1.42. The van der Waals surface area contributed by atoms with Gasteiger partial charge in [0.05, 0.1) is 0 Å². The Morgan fingerprint density at radius 1 is 1.17 bits per heavy atom. The maximum atomic E-state index is 9.17. The van der Waals surface area contributed by atoms with Crippen LogP contribution >= 0.6 is 0 Å². The maximum Gasteiger partial charge on any atom is 0.0468 e. The molecule has 1 aromatic carbocycles. The molecule has 0 aromatic heterocycles. The molecule has 0 spiro atoms. The van der Waals surface area contributed by atoms with Crippen LogP contribution in [0.25, 0.3) is 0 Å². The highest BCUT2D eigenvalue weighted by Gasteiger charge is 2.18. The molecule has 100 valence electrons.